The molecule has 1 amide bonds. The zero-order valence-corrected chi connectivity index (χ0v) is 19.7. The van der Waals surface area contributed by atoms with Crippen LogP contribution in [-0.4, -0.2) is 52.3 Å². The molecule has 170 valence electrons. The van der Waals surface area contributed by atoms with Gasteiger partial charge in [-0.2, -0.15) is 0 Å². The second kappa shape index (κ2) is 8.18. The smallest absolute Gasteiger partial charge is 0.226 e. The van der Waals surface area contributed by atoms with Crippen molar-refractivity contribution >= 4 is 45.2 Å². The van der Waals surface area contributed by atoms with Crippen LogP contribution >= 0.6 is 11.3 Å². The number of ether oxygens (including phenoxy) is 1. The van der Waals surface area contributed by atoms with Crippen LogP contribution < -0.4 is 5.32 Å². The zero-order chi connectivity index (χ0) is 22.5. The van der Waals surface area contributed by atoms with Gasteiger partial charge in [-0.1, -0.05) is 6.07 Å². The van der Waals surface area contributed by atoms with Crippen molar-refractivity contribution in [1.29, 1.82) is 0 Å². The van der Waals surface area contributed by atoms with Crippen LogP contribution in [0.15, 0.2) is 29.5 Å². The van der Waals surface area contributed by atoms with Crippen LogP contribution in [0.3, 0.4) is 0 Å². The summed E-state index contributed by atoms with van der Waals surface area (Å²) in [5, 5.41) is 4.62. The van der Waals surface area contributed by atoms with Crippen molar-refractivity contribution in [2.24, 2.45) is 10.9 Å². The van der Waals surface area contributed by atoms with E-state index in [2.05, 4.69) is 38.5 Å². The molecule has 7 nitrogen and oxygen atoms in total. The Bertz CT molecular complexity index is 1260. The second-order valence-electron chi connectivity index (χ2n) is 9.35. The molecule has 8 heteroatoms. The van der Waals surface area contributed by atoms with Gasteiger partial charge >= 0.3 is 0 Å². The van der Waals surface area contributed by atoms with Gasteiger partial charge < -0.3 is 15.0 Å². The van der Waals surface area contributed by atoms with Gasteiger partial charge in [0, 0.05) is 35.8 Å². The number of rotatable bonds is 3. The number of thiophene rings is 1. The third-order valence-electron chi connectivity index (χ3n) is 6.83. The fraction of sp³-hybridized carbons (Fsp3) is 0.440. The Morgan fingerprint density at radius 1 is 1.21 bits per heavy atom. The van der Waals surface area contributed by atoms with Crippen molar-refractivity contribution in [2.75, 3.05) is 18.4 Å². The predicted molar refractivity (Wildman–Crippen MR) is 131 cm³/mol. The van der Waals surface area contributed by atoms with E-state index in [1.165, 1.54) is 16.0 Å². The van der Waals surface area contributed by atoms with Gasteiger partial charge in [0.2, 0.25) is 5.91 Å². The Hall–Kier alpha value is -2.84. The van der Waals surface area contributed by atoms with E-state index in [-0.39, 0.29) is 24.0 Å². The number of anilines is 2. The van der Waals surface area contributed by atoms with Crippen LogP contribution in [0.1, 0.15) is 41.8 Å². The summed E-state index contributed by atoms with van der Waals surface area (Å²) < 4.78 is 5.82. The fourth-order valence-electron chi connectivity index (χ4n) is 5.35. The van der Waals surface area contributed by atoms with Gasteiger partial charge in [-0.3, -0.25) is 9.79 Å². The molecule has 3 unspecified atom stereocenters. The number of hydrogen-bond acceptors (Lipinski definition) is 7. The highest BCUT2D eigenvalue weighted by atomic mass is 32.1. The summed E-state index contributed by atoms with van der Waals surface area (Å²) in [4.78, 5) is 31.0. The molecule has 1 aromatic carbocycles. The summed E-state index contributed by atoms with van der Waals surface area (Å²) in [6.45, 7) is 6.21. The van der Waals surface area contributed by atoms with Gasteiger partial charge in [0.15, 0.2) is 0 Å². The Morgan fingerprint density at radius 2 is 2.06 bits per heavy atom. The van der Waals surface area contributed by atoms with Crippen molar-refractivity contribution in [3.8, 4) is 0 Å². The molecular formula is C25H27N5O2S. The minimum absolute atomic E-state index is 0.0310. The average Bonchev–Trinajstić information content (AvgIpc) is 3.41. The van der Waals surface area contributed by atoms with Gasteiger partial charge in [-0.25, -0.2) is 9.97 Å². The highest BCUT2D eigenvalue weighted by molar-refractivity contribution is 7.19. The number of aliphatic imine (C=N–C) groups is 1. The maximum atomic E-state index is 13.3. The molecule has 0 radical (unpaired) electrons. The highest BCUT2D eigenvalue weighted by Gasteiger charge is 2.34. The van der Waals surface area contributed by atoms with E-state index in [1.54, 1.807) is 17.7 Å². The number of hydrogen-bond donors (Lipinski definition) is 1. The molecule has 3 aromatic rings. The lowest BCUT2D eigenvalue weighted by Crippen LogP contribution is -2.50. The number of amides is 1. The Morgan fingerprint density at radius 3 is 2.91 bits per heavy atom. The molecular weight excluding hydrogens is 434 g/mol. The van der Waals surface area contributed by atoms with Crippen LogP contribution in [0.2, 0.25) is 0 Å². The third kappa shape index (κ3) is 3.81. The lowest BCUT2D eigenvalue weighted by Gasteiger charge is -2.37. The summed E-state index contributed by atoms with van der Waals surface area (Å²) in [6.07, 6.45) is 6.26. The number of fused-ring (bicyclic) bond motifs is 4. The van der Waals surface area contributed by atoms with Gasteiger partial charge in [0.1, 0.15) is 17.0 Å². The maximum Gasteiger partial charge on any atom is 0.226 e. The predicted octanol–water partition coefficient (Wildman–Crippen LogP) is 4.11. The van der Waals surface area contributed by atoms with Crippen molar-refractivity contribution in [1.82, 2.24) is 14.9 Å². The summed E-state index contributed by atoms with van der Waals surface area (Å²) >= 11 is 1.71. The van der Waals surface area contributed by atoms with Crippen LogP contribution in [0.4, 0.5) is 11.5 Å². The number of benzene rings is 1. The minimum atomic E-state index is 0.0310. The zero-order valence-electron chi connectivity index (χ0n) is 18.9. The van der Waals surface area contributed by atoms with Crippen molar-refractivity contribution in [3.05, 3.63) is 46.1 Å². The van der Waals surface area contributed by atoms with E-state index in [0.717, 1.165) is 53.1 Å². The second-order valence-corrected chi connectivity index (χ2v) is 10.4. The SMILES string of the molecule is CC1CN(C(=O)C2CCc3c(sc4ncnc(Nc5ccc6c(c5)C=NC6)c34)C2)CC(C)O1. The van der Waals surface area contributed by atoms with E-state index < -0.39 is 0 Å². The standard InChI is InChI=1S/C25H27N5O2S/c1-14-11-30(12-15(2)32-14)25(31)16-4-6-20-21(8-16)33-24-22(20)23(27-13-28-24)29-19-5-3-17-9-26-10-18(17)7-19/h3,5,7,10,13-16H,4,6,8-9,11-12H2,1-2H3,(H,27,28,29). The van der Waals surface area contributed by atoms with Gasteiger partial charge in [-0.15, -0.1) is 11.3 Å². The molecule has 1 saturated heterocycles. The summed E-state index contributed by atoms with van der Waals surface area (Å²) in [5.74, 6) is 1.14. The van der Waals surface area contributed by atoms with Crippen LogP contribution in [0.25, 0.3) is 10.2 Å². The Kier molecular flexibility index (Phi) is 5.14. The first kappa shape index (κ1) is 20.7. The molecule has 2 aliphatic heterocycles. The fourth-order valence-corrected chi connectivity index (χ4v) is 6.61. The molecule has 2 aromatic heterocycles. The molecule has 6 rings (SSSR count). The Labute approximate surface area is 196 Å². The average molecular weight is 462 g/mol. The van der Waals surface area contributed by atoms with Crippen molar-refractivity contribution in [2.45, 2.75) is 51.9 Å². The summed E-state index contributed by atoms with van der Waals surface area (Å²) in [6, 6.07) is 6.33. The first-order valence-corrected chi connectivity index (χ1v) is 12.5. The quantitative estimate of drug-likeness (QED) is 0.635. The molecule has 1 fully saturated rings. The van der Waals surface area contributed by atoms with Crippen LogP contribution in [0.5, 0.6) is 0 Å². The first-order chi connectivity index (χ1) is 16.0. The lowest BCUT2D eigenvalue weighted by molar-refractivity contribution is -0.147. The number of morpholine rings is 1. The van der Waals surface area contributed by atoms with E-state index >= 15 is 0 Å². The van der Waals surface area contributed by atoms with E-state index in [1.807, 2.05) is 25.0 Å². The molecule has 0 spiro atoms. The van der Waals surface area contributed by atoms with Gasteiger partial charge in [-0.05, 0) is 61.9 Å². The molecule has 3 atom stereocenters. The topological polar surface area (TPSA) is 79.7 Å². The summed E-state index contributed by atoms with van der Waals surface area (Å²) in [5.41, 5.74) is 4.71. The number of nitrogens with one attached hydrogen (secondary N) is 1. The van der Waals surface area contributed by atoms with E-state index in [0.29, 0.717) is 13.1 Å². The van der Waals surface area contributed by atoms with E-state index in [4.69, 9.17) is 4.74 Å². The molecule has 33 heavy (non-hydrogen) atoms. The minimum Gasteiger partial charge on any atom is -0.372 e. The molecule has 3 aliphatic rings. The first-order valence-electron chi connectivity index (χ1n) is 11.6. The van der Waals surface area contributed by atoms with Crippen molar-refractivity contribution in [3.63, 3.8) is 0 Å². The van der Waals surface area contributed by atoms with Gasteiger partial charge in [0.05, 0.1) is 24.1 Å². The van der Waals surface area contributed by atoms with Gasteiger partial charge in [0.25, 0.3) is 0 Å². The largest absolute Gasteiger partial charge is 0.372 e. The molecule has 4 heterocycles. The third-order valence-corrected chi connectivity index (χ3v) is 7.99. The van der Waals surface area contributed by atoms with Crippen molar-refractivity contribution < 1.29 is 9.53 Å². The maximum absolute atomic E-state index is 13.3. The monoisotopic (exact) mass is 461 g/mol. The lowest BCUT2D eigenvalue weighted by atomic mass is 9.86. The van der Waals surface area contributed by atoms with Crippen LogP contribution in [-0.2, 0) is 28.9 Å². The summed E-state index contributed by atoms with van der Waals surface area (Å²) in [7, 11) is 0. The number of aromatic nitrogens is 2. The number of nitrogens with zero attached hydrogens (tertiary/aromatic N) is 4. The highest BCUT2D eigenvalue weighted by Crippen LogP contribution is 2.41. The molecule has 1 aliphatic carbocycles. The van der Waals surface area contributed by atoms with Crippen LogP contribution in [0, 0.1) is 5.92 Å². The number of carbonyl (C=O) groups is 1. The normalized spacial score (nSPS) is 24.1. The Balaban J connectivity index is 1.26. The molecule has 0 bridgehead atoms. The van der Waals surface area contributed by atoms with E-state index in [9.17, 15) is 4.79 Å². The number of carbonyl (C=O) groups excluding carboxylic acids is 1. The molecule has 1 N–H and O–H groups in total. The molecule has 0 saturated carbocycles. The number of aryl methyl sites for hydroxylation is 1.